The molecule has 0 unspecified atom stereocenters. The lowest BCUT2D eigenvalue weighted by molar-refractivity contribution is 0.612. The van der Waals surface area contributed by atoms with Gasteiger partial charge in [0.15, 0.2) is 0 Å². The van der Waals surface area contributed by atoms with Crippen LogP contribution in [0.25, 0.3) is 0 Å². The van der Waals surface area contributed by atoms with Crippen LogP contribution in [0.2, 0.25) is 5.02 Å². The van der Waals surface area contributed by atoms with E-state index in [-0.39, 0.29) is 12.2 Å². The van der Waals surface area contributed by atoms with Crippen LogP contribution in [0.3, 0.4) is 0 Å². The summed E-state index contributed by atoms with van der Waals surface area (Å²) in [5.74, 6) is 0.149. The summed E-state index contributed by atoms with van der Waals surface area (Å²) in [6.45, 7) is 0. The van der Waals surface area contributed by atoms with E-state index in [0.717, 1.165) is 0 Å². The van der Waals surface area contributed by atoms with Crippen molar-refractivity contribution >= 4 is 43.5 Å². The molecular formula is C11H6Br2ClFN2. The van der Waals surface area contributed by atoms with Crippen LogP contribution in [-0.4, -0.2) is 9.97 Å². The van der Waals surface area contributed by atoms with Crippen molar-refractivity contribution in [1.29, 1.82) is 0 Å². The topological polar surface area (TPSA) is 25.8 Å². The molecule has 2 nitrogen and oxygen atoms in total. The Morgan fingerprint density at radius 3 is 2.41 bits per heavy atom. The summed E-state index contributed by atoms with van der Waals surface area (Å²) < 4.78 is 14.9. The van der Waals surface area contributed by atoms with Gasteiger partial charge in [-0.1, -0.05) is 17.7 Å². The summed E-state index contributed by atoms with van der Waals surface area (Å²) in [5.41, 5.74) is 0.402. The lowest BCUT2D eigenvalue weighted by Gasteiger charge is -2.05. The van der Waals surface area contributed by atoms with Gasteiger partial charge in [-0.15, -0.1) is 0 Å². The van der Waals surface area contributed by atoms with Crippen molar-refractivity contribution in [2.24, 2.45) is 0 Å². The van der Waals surface area contributed by atoms with Gasteiger partial charge >= 0.3 is 0 Å². The highest BCUT2D eigenvalue weighted by atomic mass is 79.9. The smallest absolute Gasteiger partial charge is 0.135 e. The van der Waals surface area contributed by atoms with Crippen LogP contribution >= 0.6 is 43.5 Å². The van der Waals surface area contributed by atoms with Gasteiger partial charge in [0.2, 0.25) is 0 Å². The maximum Gasteiger partial charge on any atom is 0.135 e. The summed E-state index contributed by atoms with van der Waals surface area (Å²) in [5, 5.41) is 0.379. The zero-order chi connectivity index (χ0) is 12.4. The Bertz CT molecular complexity index is 523. The Hall–Kier alpha value is -0.520. The van der Waals surface area contributed by atoms with Gasteiger partial charge in [0.1, 0.15) is 20.8 Å². The molecule has 0 fully saturated rings. The number of benzene rings is 1. The molecule has 1 heterocycles. The summed E-state index contributed by atoms with van der Waals surface area (Å²) in [4.78, 5) is 8.32. The van der Waals surface area contributed by atoms with Crippen molar-refractivity contribution in [3.8, 4) is 0 Å². The van der Waals surface area contributed by atoms with E-state index in [9.17, 15) is 4.39 Å². The number of halogens is 4. The highest BCUT2D eigenvalue weighted by Gasteiger charge is 2.10. The predicted octanol–water partition coefficient (Wildman–Crippen LogP) is 4.38. The van der Waals surface area contributed by atoms with Crippen LogP contribution in [0, 0.1) is 5.82 Å². The minimum absolute atomic E-state index is 0.254. The number of hydrogen-bond acceptors (Lipinski definition) is 2. The zero-order valence-corrected chi connectivity index (χ0v) is 12.4. The Morgan fingerprint density at radius 2 is 1.82 bits per heavy atom. The van der Waals surface area contributed by atoms with Crippen molar-refractivity contribution in [2.45, 2.75) is 6.42 Å². The molecule has 0 radical (unpaired) electrons. The molecule has 0 aliphatic carbocycles. The first-order valence-electron chi connectivity index (χ1n) is 4.68. The minimum Gasteiger partial charge on any atom is -0.226 e. The van der Waals surface area contributed by atoms with Crippen molar-refractivity contribution in [2.75, 3.05) is 0 Å². The largest absolute Gasteiger partial charge is 0.226 e. The maximum absolute atomic E-state index is 13.6. The molecule has 0 saturated heterocycles. The summed E-state index contributed by atoms with van der Waals surface area (Å²) in [7, 11) is 0. The number of nitrogens with zero attached hydrogens (tertiary/aromatic N) is 2. The average Bonchev–Trinajstić information content (AvgIpc) is 2.22. The fourth-order valence-electron chi connectivity index (χ4n) is 1.37. The quantitative estimate of drug-likeness (QED) is 0.723. The fourth-order valence-corrected chi connectivity index (χ4v) is 2.75. The summed E-state index contributed by atoms with van der Waals surface area (Å²) in [6.07, 6.45) is 0.254. The third-order valence-corrected chi connectivity index (χ3v) is 3.27. The van der Waals surface area contributed by atoms with E-state index < -0.39 is 0 Å². The third-order valence-electron chi connectivity index (χ3n) is 2.11. The molecule has 2 rings (SSSR count). The number of aromatic nitrogens is 2. The highest BCUT2D eigenvalue weighted by molar-refractivity contribution is 9.11. The molecule has 0 N–H and O–H groups in total. The molecular weight excluding hydrogens is 374 g/mol. The maximum atomic E-state index is 13.6. The van der Waals surface area contributed by atoms with Crippen LogP contribution in [-0.2, 0) is 6.42 Å². The summed E-state index contributed by atoms with van der Waals surface area (Å²) >= 11 is 12.5. The predicted molar refractivity (Wildman–Crippen MR) is 71.6 cm³/mol. The van der Waals surface area contributed by atoms with E-state index in [2.05, 4.69) is 41.8 Å². The zero-order valence-electron chi connectivity index (χ0n) is 8.42. The van der Waals surface area contributed by atoms with Crippen LogP contribution in [0.15, 0.2) is 33.5 Å². The molecule has 0 aliphatic rings. The fraction of sp³-hybridized carbons (Fsp3) is 0.0909. The van der Waals surface area contributed by atoms with E-state index in [1.54, 1.807) is 18.2 Å². The first-order chi connectivity index (χ1) is 8.06. The van der Waals surface area contributed by atoms with Gasteiger partial charge in [-0.2, -0.15) is 0 Å². The van der Waals surface area contributed by atoms with Gasteiger partial charge in [0, 0.05) is 23.1 Å². The second-order valence-electron chi connectivity index (χ2n) is 3.31. The second-order valence-corrected chi connectivity index (χ2v) is 5.34. The lowest BCUT2D eigenvalue weighted by Crippen LogP contribution is -2.00. The lowest BCUT2D eigenvalue weighted by atomic mass is 10.1. The van der Waals surface area contributed by atoms with Crippen molar-refractivity contribution in [3.63, 3.8) is 0 Å². The first-order valence-corrected chi connectivity index (χ1v) is 6.64. The monoisotopic (exact) mass is 378 g/mol. The van der Waals surface area contributed by atoms with Gasteiger partial charge in [-0.05, 0) is 44.0 Å². The Labute approximate surface area is 119 Å². The normalized spacial score (nSPS) is 10.6. The molecule has 0 aliphatic heterocycles. The Kier molecular flexibility index (Phi) is 4.12. The molecule has 17 heavy (non-hydrogen) atoms. The molecule has 0 bridgehead atoms. The van der Waals surface area contributed by atoms with Gasteiger partial charge in [0.05, 0.1) is 0 Å². The van der Waals surface area contributed by atoms with E-state index in [1.165, 1.54) is 6.07 Å². The van der Waals surface area contributed by atoms with Crippen LogP contribution in [0.4, 0.5) is 4.39 Å². The third kappa shape index (κ3) is 3.24. The molecule has 0 atom stereocenters. The van der Waals surface area contributed by atoms with Gasteiger partial charge in [0.25, 0.3) is 0 Å². The summed E-state index contributed by atoms with van der Waals surface area (Å²) in [6, 6.07) is 6.30. The molecule has 1 aromatic heterocycles. The molecule has 0 spiro atoms. The minimum atomic E-state index is -0.350. The van der Waals surface area contributed by atoms with Crippen LogP contribution < -0.4 is 0 Å². The molecule has 6 heteroatoms. The molecule has 1 aromatic carbocycles. The SMILES string of the molecule is Fc1cccc(Cl)c1Cc1nc(Br)cc(Br)n1. The van der Waals surface area contributed by atoms with E-state index >= 15 is 0 Å². The standard InChI is InChI=1S/C11H6Br2ClFN2/c12-9-5-10(13)17-11(16-9)4-6-7(14)2-1-3-8(6)15/h1-3,5H,4H2. The number of hydrogen-bond donors (Lipinski definition) is 0. The second kappa shape index (κ2) is 5.42. The van der Waals surface area contributed by atoms with E-state index in [0.29, 0.717) is 25.6 Å². The van der Waals surface area contributed by atoms with Crippen molar-refractivity contribution in [1.82, 2.24) is 9.97 Å². The number of rotatable bonds is 2. The van der Waals surface area contributed by atoms with Crippen LogP contribution in [0.5, 0.6) is 0 Å². The van der Waals surface area contributed by atoms with Crippen LogP contribution in [0.1, 0.15) is 11.4 Å². The molecule has 0 amide bonds. The molecule has 88 valence electrons. The molecule has 0 saturated carbocycles. The van der Waals surface area contributed by atoms with Crippen molar-refractivity contribution in [3.05, 3.63) is 55.7 Å². The van der Waals surface area contributed by atoms with Gasteiger partial charge in [-0.3, -0.25) is 0 Å². The van der Waals surface area contributed by atoms with Crippen molar-refractivity contribution < 1.29 is 4.39 Å². The highest BCUT2D eigenvalue weighted by Crippen LogP contribution is 2.22. The Morgan fingerprint density at radius 1 is 1.18 bits per heavy atom. The van der Waals surface area contributed by atoms with Gasteiger partial charge in [-0.25, -0.2) is 14.4 Å². The Balaban J connectivity index is 2.38. The molecule has 2 aromatic rings. The van der Waals surface area contributed by atoms with Gasteiger partial charge < -0.3 is 0 Å². The van der Waals surface area contributed by atoms with E-state index in [1.807, 2.05) is 0 Å². The first kappa shape index (κ1) is 12.9. The average molecular weight is 380 g/mol. The van der Waals surface area contributed by atoms with E-state index in [4.69, 9.17) is 11.6 Å².